The monoisotopic (exact) mass is 393 g/mol. The molecule has 0 bridgehead atoms. The van der Waals surface area contributed by atoms with E-state index in [2.05, 4.69) is 4.98 Å². The smallest absolute Gasteiger partial charge is 0.268 e. The van der Waals surface area contributed by atoms with Gasteiger partial charge in [0.2, 0.25) is 0 Å². The van der Waals surface area contributed by atoms with Crippen molar-refractivity contribution in [2.75, 3.05) is 4.90 Å². The summed E-state index contributed by atoms with van der Waals surface area (Å²) in [6.45, 7) is 1.52. The summed E-state index contributed by atoms with van der Waals surface area (Å²) in [7, 11) is 0. The lowest BCUT2D eigenvalue weighted by molar-refractivity contribution is -0.124. The highest BCUT2D eigenvalue weighted by molar-refractivity contribution is 5.96. The number of benzene rings is 2. The van der Waals surface area contributed by atoms with Crippen LogP contribution in [0.5, 0.6) is 5.75 Å². The molecule has 0 spiro atoms. The molecular weight excluding hydrogens is 376 g/mol. The molecule has 1 aromatic heterocycles. The number of pyridine rings is 1. The van der Waals surface area contributed by atoms with Gasteiger partial charge in [-0.2, -0.15) is 5.26 Å². The Balaban J connectivity index is 1.87. The molecule has 146 valence electrons. The number of carbonyl (C=O) groups excluding carboxylic acids is 1. The van der Waals surface area contributed by atoms with Gasteiger partial charge in [-0.05, 0) is 55.5 Å². The first-order valence-electron chi connectivity index (χ1n) is 8.81. The van der Waals surface area contributed by atoms with E-state index in [1.807, 2.05) is 6.07 Å². The number of carbonyl (C=O) groups is 1. The quantitative estimate of drug-likeness (QED) is 0.629. The third kappa shape index (κ3) is 4.93. The van der Waals surface area contributed by atoms with Crippen molar-refractivity contribution in [1.82, 2.24) is 4.98 Å². The van der Waals surface area contributed by atoms with E-state index in [0.29, 0.717) is 17.0 Å². The van der Waals surface area contributed by atoms with Gasteiger partial charge in [0.15, 0.2) is 6.10 Å². The van der Waals surface area contributed by atoms with Gasteiger partial charge >= 0.3 is 0 Å². The van der Waals surface area contributed by atoms with Crippen LogP contribution in [0.25, 0.3) is 0 Å². The summed E-state index contributed by atoms with van der Waals surface area (Å²) in [6, 6.07) is 16.5. The standard InChI is InChI=1S/C22H17F2N3O2/c1-15(29-19-8-5-16(13-25)6-9-19)22(28)27(14-18-4-2-3-11-26-18)21-10-7-17(23)12-20(21)24/h2-12,15H,14H2,1H3. The minimum absolute atomic E-state index is 0.0106. The van der Waals surface area contributed by atoms with E-state index in [9.17, 15) is 13.6 Å². The van der Waals surface area contributed by atoms with Crippen molar-refractivity contribution in [3.63, 3.8) is 0 Å². The summed E-state index contributed by atoms with van der Waals surface area (Å²) in [6.07, 6.45) is 0.603. The fourth-order valence-electron chi connectivity index (χ4n) is 2.72. The molecule has 1 heterocycles. The van der Waals surface area contributed by atoms with Crippen LogP contribution >= 0.6 is 0 Å². The van der Waals surface area contributed by atoms with Crippen LogP contribution in [0, 0.1) is 23.0 Å². The Hall–Kier alpha value is -3.79. The molecule has 5 nitrogen and oxygen atoms in total. The van der Waals surface area contributed by atoms with Gasteiger partial charge in [-0.3, -0.25) is 9.78 Å². The highest BCUT2D eigenvalue weighted by Gasteiger charge is 2.26. The molecule has 0 saturated heterocycles. The number of anilines is 1. The second kappa shape index (κ2) is 8.93. The topological polar surface area (TPSA) is 66.2 Å². The lowest BCUT2D eigenvalue weighted by Gasteiger charge is -2.26. The van der Waals surface area contributed by atoms with E-state index in [1.165, 1.54) is 17.9 Å². The maximum absolute atomic E-state index is 14.4. The maximum Gasteiger partial charge on any atom is 0.268 e. The number of halogens is 2. The number of rotatable bonds is 6. The molecule has 3 rings (SSSR count). The van der Waals surface area contributed by atoms with Gasteiger partial charge in [0, 0.05) is 12.3 Å². The number of ether oxygens (including phenoxy) is 1. The Kier molecular flexibility index (Phi) is 6.15. The number of amides is 1. The highest BCUT2D eigenvalue weighted by atomic mass is 19.1. The maximum atomic E-state index is 14.4. The van der Waals surface area contributed by atoms with Crippen molar-refractivity contribution in [2.45, 2.75) is 19.6 Å². The van der Waals surface area contributed by atoms with E-state index in [1.54, 1.807) is 48.7 Å². The molecule has 0 fully saturated rings. The Labute approximate surface area is 166 Å². The van der Waals surface area contributed by atoms with Gasteiger partial charge in [0.05, 0.1) is 29.6 Å². The number of nitrogens with zero attached hydrogens (tertiary/aromatic N) is 3. The van der Waals surface area contributed by atoms with Gasteiger partial charge in [-0.15, -0.1) is 0 Å². The summed E-state index contributed by atoms with van der Waals surface area (Å²) >= 11 is 0. The number of aromatic nitrogens is 1. The van der Waals surface area contributed by atoms with E-state index in [-0.39, 0.29) is 12.2 Å². The van der Waals surface area contributed by atoms with Gasteiger partial charge in [-0.1, -0.05) is 6.07 Å². The average Bonchev–Trinajstić information content (AvgIpc) is 2.73. The van der Waals surface area contributed by atoms with Crippen molar-refractivity contribution in [3.05, 3.63) is 89.8 Å². The first kappa shape index (κ1) is 20.0. The minimum atomic E-state index is -0.962. The van der Waals surface area contributed by atoms with Gasteiger partial charge in [0.1, 0.15) is 17.4 Å². The molecule has 0 radical (unpaired) electrons. The number of hydrogen-bond acceptors (Lipinski definition) is 4. The third-order valence-electron chi connectivity index (χ3n) is 4.16. The number of nitriles is 1. The van der Waals surface area contributed by atoms with Crippen LogP contribution in [0.3, 0.4) is 0 Å². The predicted molar refractivity (Wildman–Crippen MR) is 103 cm³/mol. The minimum Gasteiger partial charge on any atom is -0.481 e. The second-order valence-corrected chi connectivity index (χ2v) is 6.24. The van der Waals surface area contributed by atoms with Gasteiger partial charge in [-0.25, -0.2) is 8.78 Å². The lowest BCUT2D eigenvalue weighted by atomic mass is 10.2. The van der Waals surface area contributed by atoms with Crippen molar-refractivity contribution < 1.29 is 18.3 Å². The Morgan fingerprint density at radius 1 is 1.17 bits per heavy atom. The summed E-state index contributed by atoms with van der Waals surface area (Å²) in [4.78, 5) is 18.4. The molecule has 3 aromatic rings. The second-order valence-electron chi connectivity index (χ2n) is 6.24. The summed E-state index contributed by atoms with van der Waals surface area (Å²) in [5.74, 6) is -1.73. The molecule has 1 atom stereocenters. The Morgan fingerprint density at radius 3 is 2.55 bits per heavy atom. The summed E-state index contributed by atoms with van der Waals surface area (Å²) in [5, 5.41) is 8.86. The normalized spacial score (nSPS) is 11.4. The predicted octanol–water partition coefficient (Wildman–Crippen LogP) is 4.23. The first-order chi connectivity index (χ1) is 14.0. The molecule has 0 aliphatic rings. The van der Waals surface area contributed by atoms with E-state index in [4.69, 9.17) is 10.00 Å². The largest absolute Gasteiger partial charge is 0.481 e. The lowest BCUT2D eigenvalue weighted by Crippen LogP contribution is -2.41. The summed E-state index contributed by atoms with van der Waals surface area (Å²) < 4.78 is 33.4. The van der Waals surface area contributed by atoms with Crippen molar-refractivity contribution in [1.29, 1.82) is 5.26 Å². The van der Waals surface area contributed by atoms with E-state index >= 15 is 0 Å². The van der Waals surface area contributed by atoms with E-state index in [0.717, 1.165) is 12.1 Å². The molecule has 0 saturated carbocycles. The molecule has 0 aliphatic carbocycles. The third-order valence-corrected chi connectivity index (χ3v) is 4.16. The van der Waals surface area contributed by atoms with Crippen LogP contribution in [0.15, 0.2) is 66.9 Å². The van der Waals surface area contributed by atoms with Crippen LogP contribution in [0.4, 0.5) is 14.5 Å². The van der Waals surface area contributed by atoms with Crippen LogP contribution in [-0.2, 0) is 11.3 Å². The van der Waals surface area contributed by atoms with E-state index < -0.39 is 23.6 Å². The van der Waals surface area contributed by atoms with Crippen LogP contribution in [0.1, 0.15) is 18.2 Å². The van der Waals surface area contributed by atoms with Crippen molar-refractivity contribution >= 4 is 11.6 Å². The molecule has 0 aliphatic heterocycles. The first-order valence-corrected chi connectivity index (χ1v) is 8.81. The van der Waals surface area contributed by atoms with Crippen LogP contribution in [0.2, 0.25) is 0 Å². The fraction of sp³-hybridized carbons (Fsp3) is 0.136. The zero-order valence-corrected chi connectivity index (χ0v) is 15.5. The SMILES string of the molecule is CC(Oc1ccc(C#N)cc1)C(=O)N(Cc1ccccn1)c1ccc(F)cc1F. The average molecular weight is 393 g/mol. The molecule has 29 heavy (non-hydrogen) atoms. The van der Waals surface area contributed by atoms with Crippen LogP contribution < -0.4 is 9.64 Å². The molecule has 7 heteroatoms. The van der Waals surface area contributed by atoms with Gasteiger partial charge in [0.25, 0.3) is 5.91 Å². The number of hydrogen-bond donors (Lipinski definition) is 0. The summed E-state index contributed by atoms with van der Waals surface area (Å²) in [5.41, 5.74) is 0.925. The van der Waals surface area contributed by atoms with Crippen molar-refractivity contribution in [2.24, 2.45) is 0 Å². The zero-order valence-electron chi connectivity index (χ0n) is 15.5. The van der Waals surface area contributed by atoms with Gasteiger partial charge < -0.3 is 9.64 Å². The molecule has 0 N–H and O–H groups in total. The fourth-order valence-corrected chi connectivity index (χ4v) is 2.72. The Bertz CT molecular complexity index is 1030. The Morgan fingerprint density at radius 2 is 1.93 bits per heavy atom. The molecular formula is C22H17F2N3O2. The molecule has 1 unspecified atom stereocenters. The molecule has 1 amide bonds. The highest BCUT2D eigenvalue weighted by Crippen LogP contribution is 2.24. The van der Waals surface area contributed by atoms with Crippen molar-refractivity contribution in [3.8, 4) is 11.8 Å². The zero-order chi connectivity index (χ0) is 20.8. The molecule has 2 aromatic carbocycles. The van der Waals surface area contributed by atoms with Crippen LogP contribution in [-0.4, -0.2) is 17.0 Å².